The van der Waals surface area contributed by atoms with Gasteiger partial charge < -0.3 is 28.5 Å². The predicted octanol–water partition coefficient (Wildman–Crippen LogP) is 10.0. The summed E-state index contributed by atoms with van der Waals surface area (Å²) < 4.78 is 108. The van der Waals surface area contributed by atoms with Crippen LogP contribution in [0.5, 0.6) is 11.5 Å². The number of methoxy groups -OCH3 is 2. The first kappa shape index (κ1) is 55.8. The van der Waals surface area contributed by atoms with Crippen LogP contribution in [0.4, 0.5) is 4.39 Å². The summed E-state index contributed by atoms with van der Waals surface area (Å²) in [6.07, 6.45) is 10.2. The number of nitrogens with zero attached hydrogens (tertiary/aromatic N) is 5. The van der Waals surface area contributed by atoms with Crippen LogP contribution >= 0.6 is 0 Å². The first-order chi connectivity index (χ1) is 38.3. The number of imidazole rings is 2. The quantitative estimate of drug-likeness (QED) is 0.0960. The van der Waals surface area contributed by atoms with E-state index in [9.17, 15) is 39.2 Å². The number of aromatic nitrogens is 4. The second-order valence-corrected chi connectivity index (χ2v) is 24.4. The minimum Gasteiger partial charge on any atom is -0.495 e. The number of aryl methyl sites for hydroxylation is 2. The molecular formula is C60H53FN6O10S3. The molecule has 2 amide bonds. The van der Waals surface area contributed by atoms with Gasteiger partial charge >= 0.3 is 0 Å². The van der Waals surface area contributed by atoms with Gasteiger partial charge in [0.15, 0.2) is 11.6 Å². The molecular weight excluding hydrogens is 1080 g/mol. The molecule has 0 unspecified atom stereocenters. The van der Waals surface area contributed by atoms with E-state index in [1.807, 2.05) is 19.9 Å². The van der Waals surface area contributed by atoms with Crippen molar-refractivity contribution in [2.45, 2.75) is 69.8 Å². The molecule has 1 N–H and O–H groups in total. The molecule has 0 radical (unpaired) electrons. The Morgan fingerprint density at radius 2 is 1.05 bits per heavy atom. The number of ether oxygens (including phenoxy) is 2. The zero-order chi connectivity index (χ0) is 56.9. The van der Waals surface area contributed by atoms with E-state index in [4.69, 9.17) is 9.47 Å². The fraction of sp³-hybridized carbons (Fsp3) is 0.133. The van der Waals surface area contributed by atoms with Crippen LogP contribution in [0.25, 0.3) is 11.3 Å². The number of fused-ring (bicyclic) bond motifs is 2. The predicted molar refractivity (Wildman–Crippen MR) is 297 cm³/mol. The Bertz CT molecular complexity index is 4300. The van der Waals surface area contributed by atoms with Gasteiger partial charge in [0, 0.05) is 56.8 Å². The van der Waals surface area contributed by atoms with Gasteiger partial charge in [0.25, 0.3) is 11.8 Å². The largest absolute Gasteiger partial charge is 0.495 e. The molecule has 408 valence electrons. The molecule has 0 saturated heterocycles. The number of sulfone groups is 3. The maximum Gasteiger partial charge on any atom is 0.255 e. The summed E-state index contributed by atoms with van der Waals surface area (Å²) in [6, 6.07) is 39.4. The number of carbonyl (C=O) groups excluding carboxylic acids is 2. The fourth-order valence-corrected chi connectivity index (χ4v) is 13.1. The summed E-state index contributed by atoms with van der Waals surface area (Å²) in [6.45, 7) is 6.01. The Balaban J connectivity index is 0.000000219. The summed E-state index contributed by atoms with van der Waals surface area (Å²) in [4.78, 5) is 36.8. The van der Waals surface area contributed by atoms with Crippen molar-refractivity contribution in [3.05, 3.63) is 239 Å². The number of nitrogens with one attached hydrogen (secondary N) is 1. The highest BCUT2D eigenvalue weighted by atomic mass is 32.2. The van der Waals surface area contributed by atoms with Crippen molar-refractivity contribution < 1.29 is 48.7 Å². The number of rotatable bonds is 16. The number of pyridine rings is 2. The van der Waals surface area contributed by atoms with Crippen LogP contribution in [0.1, 0.15) is 54.1 Å². The molecule has 0 aliphatic rings. The monoisotopic (exact) mass is 1130 g/mol. The molecule has 20 heteroatoms. The molecule has 0 atom stereocenters. The van der Waals surface area contributed by atoms with Crippen molar-refractivity contribution in [3.63, 3.8) is 0 Å². The van der Waals surface area contributed by atoms with Crippen molar-refractivity contribution in [1.29, 1.82) is 0 Å². The molecule has 0 aliphatic heterocycles. The Hall–Kier alpha value is -8.98. The molecule has 16 nitrogen and oxygen atoms in total. The van der Waals surface area contributed by atoms with Gasteiger partial charge in [0.2, 0.25) is 29.5 Å². The number of hydrogen-bond acceptors (Lipinski definition) is 12. The van der Waals surface area contributed by atoms with Crippen molar-refractivity contribution >= 4 is 52.6 Å². The Morgan fingerprint density at radius 3 is 1.61 bits per heavy atom. The summed E-state index contributed by atoms with van der Waals surface area (Å²) in [7, 11) is -8.83. The Kier molecular flexibility index (Phi) is 16.1. The van der Waals surface area contributed by atoms with Crippen LogP contribution in [0, 0.1) is 26.6 Å². The van der Waals surface area contributed by atoms with Gasteiger partial charge in [0.1, 0.15) is 21.9 Å². The molecule has 4 heterocycles. The summed E-state index contributed by atoms with van der Waals surface area (Å²) in [5, 5.41) is 2.86. The number of benzene rings is 6. The fourth-order valence-electron chi connectivity index (χ4n) is 8.76. The normalized spacial score (nSPS) is 11.7. The smallest absolute Gasteiger partial charge is 0.255 e. The third-order valence-corrected chi connectivity index (χ3v) is 18.8. The molecule has 0 aliphatic carbocycles. The second kappa shape index (κ2) is 23.2. The van der Waals surface area contributed by atoms with Crippen LogP contribution in [0.15, 0.2) is 218 Å². The lowest BCUT2D eigenvalue weighted by Gasteiger charge is -2.24. The van der Waals surface area contributed by atoms with Crippen LogP contribution in [0.2, 0.25) is 0 Å². The first-order valence-electron chi connectivity index (χ1n) is 24.8. The average molecular weight is 1130 g/mol. The molecule has 4 aromatic heterocycles. The van der Waals surface area contributed by atoms with E-state index in [0.717, 1.165) is 34.0 Å². The minimum absolute atomic E-state index is 0.0451. The van der Waals surface area contributed by atoms with E-state index in [-0.39, 0.29) is 60.9 Å². The maximum absolute atomic E-state index is 14.3. The van der Waals surface area contributed by atoms with Gasteiger partial charge in [-0.3, -0.25) is 9.59 Å². The van der Waals surface area contributed by atoms with Crippen LogP contribution in [-0.4, -0.2) is 75.0 Å². The zero-order valence-electron chi connectivity index (χ0n) is 43.9. The second-order valence-electron chi connectivity index (χ2n) is 18.7. The van der Waals surface area contributed by atoms with Crippen molar-refractivity contribution in [3.8, 4) is 11.5 Å². The van der Waals surface area contributed by atoms with Gasteiger partial charge in [-0.05, 0) is 151 Å². The van der Waals surface area contributed by atoms with Crippen LogP contribution in [0.3, 0.4) is 0 Å². The average Bonchev–Trinajstić information content (AvgIpc) is 4.18. The Morgan fingerprint density at radius 1 is 0.550 bits per heavy atom. The highest BCUT2D eigenvalue weighted by molar-refractivity contribution is 7.92. The topological polar surface area (TPSA) is 205 Å². The Labute approximate surface area is 462 Å². The lowest BCUT2D eigenvalue weighted by molar-refractivity contribution is 0.0729. The van der Waals surface area contributed by atoms with E-state index in [2.05, 4.69) is 15.3 Å². The number of carbonyl (C=O) groups is 2. The molecule has 80 heavy (non-hydrogen) atoms. The lowest BCUT2D eigenvalue weighted by Crippen LogP contribution is -2.30. The minimum atomic E-state index is -4.04. The highest BCUT2D eigenvalue weighted by Gasteiger charge is 2.25. The first-order valence-corrected chi connectivity index (χ1v) is 29.2. The molecule has 0 fully saturated rings. The third-order valence-electron chi connectivity index (χ3n) is 13.4. The molecule has 0 saturated carbocycles. The molecule has 10 rings (SSSR count). The maximum atomic E-state index is 14.3. The molecule has 10 aromatic rings. The van der Waals surface area contributed by atoms with Crippen LogP contribution < -0.4 is 14.8 Å². The summed E-state index contributed by atoms with van der Waals surface area (Å²) >= 11 is 0. The number of halogens is 1. The molecule has 6 aromatic carbocycles. The van der Waals surface area contributed by atoms with Gasteiger partial charge in [0.05, 0.1) is 49.8 Å². The lowest BCUT2D eigenvalue weighted by atomic mass is 10.1. The summed E-state index contributed by atoms with van der Waals surface area (Å²) in [5.74, 6) is -1.15. The molecule has 0 bridgehead atoms. The third kappa shape index (κ3) is 11.9. The van der Waals surface area contributed by atoms with E-state index >= 15 is 0 Å². The van der Waals surface area contributed by atoms with E-state index < -0.39 is 35.3 Å². The number of amides is 2. The highest BCUT2D eigenvalue weighted by Crippen LogP contribution is 2.32. The van der Waals surface area contributed by atoms with Gasteiger partial charge in [-0.1, -0.05) is 54.6 Å². The van der Waals surface area contributed by atoms with E-state index in [1.165, 1.54) is 50.6 Å². The van der Waals surface area contributed by atoms with Crippen LogP contribution in [-0.2, 0) is 49.1 Å². The molecule has 0 spiro atoms. The van der Waals surface area contributed by atoms with Crippen molar-refractivity contribution in [2.24, 2.45) is 0 Å². The summed E-state index contributed by atoms with van der Waals surface area (Å²) in [5.41, 5.74) is 6.92. The number of hydrogen-bond donors (Lipinski definition) is 1. The van der Waals surface area contributed by atoms with Crippen molar-refractivity contribution in [1.82, 2.24) is 29.0 Å². The van der Waals surface area contributed by atoms with E-state index in [1.54, 1.807) is 161 Å². The van der Waals surface area contributed by atoms with Crippen molar-refractivity contribution in [2.75, 3.05) is 14.2 Å². The van der Waals surface area contributed by atoms with Gasteiger partial charge in [-0.25, -0.2) is 39.6 Å². The zero-order valence-corrected chi connectivity index (χ0v) is 46.4. The standard InChI is InChI=1S/C37H32FN3O7S2.C23H21N3O3S/c1-25-4-15-34(48-3)35(20-25)50(45,46)30-12-7-27(8-13-30)23-41(37(42)28-9-17-36-39-18-19-40(36)24-28)22-26-5-10-29(11-6-26)49(43,44)31-14-16-33(47-2)32(38)21-31;1-16-4-3-5-21(17(16)2)30(28,29)20-9-6-18(7-10-20)14-25-23(27)19-8-11-22-24-12-13-26(22)15-19/h4-21,24H,22-23H2,1-3H3;3-13,15H,14H2,1-2H3,(H,25,27). The SMILES string of the molecule is COc1ccc(S(=O)(=O)c2ccc(CN(Cc3ccc(S(=O)(=O)c4cc(C)ccc4OC)cc3)C(=O)c3ccc4nccn4c3)cc2)cc1F.Cc1cccc(S(=O)(=O)c2ccc(CNC(=O)c3ccc4nccn4c3)cc2)c1C. The van der Waals surface area contributed by atoms with Gasteiger partial charge in [-0.2, -0.15) is 0 Å². The van der Waals surface area contributed by atoms with E-state index in [0.29, 0.717) is 39.3 Å². The van der Waals surface area contributed by atoms with Gasteiger partial charge in [-0.15, -0.1) is 0 Å².